The number of halogens is 1. The molecule has 1 unspecified atom stereocenters. The number of hydrogen-bond acceptors (Lipinski definition) is 4. The molecule has 2 fully saturated rings. The first-order valence-electron chi connectivity index (χ1n) is 10.9. The topological polar surface area (TPSA) is 68.5 Å². The van der Waals surface area contributed by atoms with Crippen molar-refractivity contribution in [2.45, 2.75) is 51.2 Å². The molecule has 0 radical (unpaired) electrons. The van der Waals surface area contributed by atoms with Crippen molar-refractivity contribution >= 4 is 5.91 Å². The summed E-state index contributed by atoms with van der Waals surface area (Å²) in [6.07, 6.45) is 8.42. The SMILES string of the molecule is C1CCC(C2CC2)OC1.CN1CCc2c(-c3ccc(F)cc3)cc(C(N)=O)nc2C1. The molecule has 6 heteroatoms. The first-order chi connectivity index (χ1) is 14.5. The molecular formula is C24H30FN3O2. The number of hydrogen-bond donors (Lipinski definition) is 1. The molecule has 2 N–H and O–H groups in total. The van der Waals surface area contributed by atoms with Crippen LogP contribution in [0.15, 0.2) is 30.3 Å². The predicted octanol–water partition coefficient (Wildman–Crippen LogP) is 3.94. The van der Waals surface area contributed by atoms with Crippen LogP contribution in [0.25, 0.3) is 11.1 Å². The molecule has 2 aliphatic heterocycles. The van der Waals surface area contributed by atoms with Crippen LogP contribution in [-0.4, -0.2) is 42.1 Å². The van der Waals surface area contributed by atoms with Crippen molar-refractivity contribution in [3.63, 3.8) is 0 Å². The highest BCUT2D eigenvalue weighted by Gasteiger charge is 2.32. The van der Waals surface area contributed by atoms with Gasteiger partial charge in [0, 0.05) is 19.7 Å². The number of pyridine rings is 1. The van der Waals surface area contributed by atoms with E-state index in [0.29, 0.717) is 12.6 Å². The van der Waals surface area contributed by atoms with E-state index in [-0.39, 0.29) is 11.5 Å². The van der Waals surface area contributed by atoms with E-state index in [4.69, 9.17) is 10.5 Å². The summed E-state index contributed by atoms with van der Waals surface area (Å²) in [6, 6.07) is 7.98. The molecule has 1 amide bonds. The van der Waals surface area contributed by atoms with Gasteiger partial charge in [-0.05, 0) is 86.4 Å². The fourth-order valence-electron chi connectivity index (χ4n) is 4.29. The molecule has 0 spiro atoms. The van der Waals surface area contributed by atoms with Gasteiger partial charge < -0.3 is 15.4 Å². The van der Waals surface area contributed by atoms with Gasteiger partial charge in [0.25, 0.3) is 5.91 Å². The van der Waals surface area contributed by atoms with Crippen LogP contribution in [-0.2, 0) is 17.7 Å². The summed E-state index contributed by atoms with van der Waals surface area (Å²) >= 11 is 0. The molecule has 5 rings (SSSR count). The van der Waals surface area contributed by atoms with E-state index in [1.54, 1.807) is 18.2 Å². The van der Waals surface area contributed by atoms with Gasteiger partial charge in [-0.2, -0.15) is 0 Å². The first-order valence-corrected chi connectivity index (χ1v) is 10.9. The number of nitrogens with two attached hydrogens (primary N) is 1. The number of aromatic nitrogens is 1. The number of primary amides is 1. The molecule has 1 aromatic carbocycles. The normalized spacial score (nSPS) is 21.3. The van der Waals surface area contributed by atoms with Gasteiger partial charge in [0.1, 0.15) is 11.5 Å². The molecule has 1 aliphatic carbocycles. The van der Waals surface area contributed by atoms with Gasteiger partial charge in [-0.15, -0.1) is 0 Å². The van der Waals surface area contributed by atoms with Gasteiger partial charge in [0.2, 0.25) is 0 Å². The maximum absolute atomic E-state index is 13.1. The highest BCUT2D eigenvalue weighted by atomic mass is 19.1. The lowest BCUT2D eigenvalue weighted by molar-refractivity contribution is 0.00261. The second-order valence-corrected chi connectivity index (χ2v) is 8.58. The number of ether oxygens (including phenoxy) is 1. The standard InChI is InChI=1S/C16H16FN3O.C8H14O/c1-20-7-6-12-13(10-2-4-11(17)5-3-10)8-14(16(18)21)19-15(12)9-20;1-2-6-9-8(3-1)7-4-5-7/h2-5,8H,6-7,9H2,1H3,(H2,18,21);7-8H,1-6H2. The minimum absolute atomic E-state index is 0.253. The van der Waals surface area contributed by atoms with Crippen molar-refractivity contribution in [3.05, 3.63) is 53.1 Å². The molecule has 160 valence electrons. The Morgan fingerprint density at radius 3 is 2.60 bits per heavy atom. The van der Waals surface area contributed by atoms with Crippen molar-refractivity contribution in [2.75, 3.05) is 20.2 Å². The Morgan fingerprint density at radius 1 is 1.20 bits per heavy atom. The first kappa shape index (κ1) is 20.9. The van der Waals surface area contributed by atoms with Crippen molar-refractivity contribution in [2.24, 2.45) is 11.7 Å². The monoisotopic (exact) mass is 411 g/mol. The maximum atomic E-state index is 13.1. The largest absolute Gasteiger partial charge is 0.378 e. The highest BCUT2D eigenvalue weighted by molar-refractivity contribution is 5.92. The van der Waals surface area contributed by atoms with E-state index in [9.17, 15) is 9.18 Å². The second kappa shape index (κ2) is 9.23. The van der Waals surface area contributed by atoms with E-state index in [0.717, 1.165) is 47.9 Å². The van der Waals surface area contributed by atoms with Crippen LogP contribution in [0.5, 0.6) is 0 Å². The molecule has 2 aromatic rings. The van der Waals surface area contributed by atoms with Crippen LogP contribution < -0.4 is 5.73 Å². The summed E-state index contributed by atoms with van der Waals surface area (Å²) in [6.45, 7) is 2.64. The van der Waals surface area contributed by atoms with Crippen molar-refractivity contribution in [1.29, 1.82) is 0 Å². The number of carbonyl (C=O) groups is 1. The van der Waals surface area contributed by atoms with Crippen LogP contribution in [0.3, 0.4) is 0 Å². The summed E-state index contributed by atoms with van der Waals surface area (Å²) in [4.78, 5) is 18.0. The quantitative estimate of drug-likeness (QED) is 0.831. The number of rotatable bonds is 3. The lowest BCUT2D eigenvalue weighted by Gasteiger charge is -2.26. The molecule has 5 nitrogen and oxygen atoms in total. The fraction of sp³-hybridized carbons (Fsp3) is 0.500. The third-order valence-electron chi connectivity index (χ3n) is 6.14. The number of likely N-dealkylation sites (N-methyl/N-ethyl adjacent to an activating group) is 1. The Hall–Kier alpha value is -2.31. The Morgan fingerprint density at radius 2 is 1.97 bits per heavy atom. The summed E-state index contributed by atoms with van der Waals surface area (Å²) in [5, 5.41) is 0. The van der Waals surface area contributed by atoms with E-state index in [2.05, 4.69) is 9.88 Å². The van der Waals surface area contributed by atoms with Crippen LogP contribution in [0.1, 0.15) is 53.8 Å². The van der Waals surface area contributed by atoms with Crippen LogP contribution in [0, 0.1) is 11.7 Å². The number of fused-ring (bicyclic) bond motifs is 1. The van der Waals surface area contributed by atoms with Gasteiger partial charge in [-0.25, -0.2) is 9.37 Å². The third-order valence-corrected chi connectivity index (χ3v) is 6.14. The van der Waals surface area contributed by atoms with Gasteiger partial charge in [-0.3, -0.25) is 4.79 Å². The van der Waals surface area contributed by atoms with Gasteiger partial charge in [-0.1, -0.05) is 12.1 Å². The Balaban J connectivity index is 0.000000200. The molecule has 1 saturated carbocycles. The second-order valence-electron chi connectivity index (χ2n) is 8.58. The molecule has 1 aromatic heterocycles. The van der Waals surface area contributed by atoms with Crippen molar-refractivity contribution in [1.82, 2.24) is 9.88 Å². The minimum atomic E-state index is -0.547. The van der Waals surface area contributed by atoms with E-state index >= 15 is 0 Å². The molecule has 3 heterocycles. The van der Waals surface area contributed by atoms with Crippen LogP contribution in [0.2, 0.25) is 0 Å². The van der Waals surface area contributed by atoms with E-state index < -0.39 is 5.91 Å². The van der Waals surface area contributed by atoms with E-state index in [1.165, 1.54) is 44.2 Å². The van der Waals surface area contributed by atoms with Crippen LogP contribution in [0.4, 0.5) is 4.39 Å². The average Bonchev–Trinajstić information content (AvgIpc) is 3.60. The van der Waals surface area contributed by atoms with Crippen molar-refractivity contribution < 1.29 is 13.9 Å². The summed E-state index contributed by atoms with van der Waals surface area (Å²) < 4.78 is 18.7. The number of carbonyl (C=O) groups excluding carboxylic acids is 1. The number of nitrogens with zero attached hydrogens (tertiary/aromatic N) is 2. The molecular weight excluding hydrogens is 381 g/mol. The van der Waals surface area contributed by atoms with E-state index in [1.807, 2.05) is 7.05 Å². The maximum Gasteiger partial charge on any atom is 0.267 e. The van der Waals surface area contributed by atoms with Gasteiger partial charge in [0.05, 0.1) is 11.8 Å². The Kier molecular flexibility index (Phi) is 6.44. The lowest BCUT2D eigenvalue weighted by Crippen LogP contribution is -2.29. The number of benzene rings is 1. The highest BCUT2D eigenvalue weighted by Crippen LogP contribution is 2.37. The van der Waals surface area contributed by atoms with Gasteiger partial charge in [0.15, 0.2) is 0 Å². The predicted molar refractivity (Wildman–Crippen MR) is 115 cm³/mol. The van der Waals surface area contributed by atoms with Gasteiger partial charge >= 0.3 is 0 Å². The zero-order valence-electron chi connectivity index (χ0n) is 17.6. The molecule has 0 bridgehead atoms. The van der Waals surface area contributed by atoms with Crippen molar-refractivity contribution in [3.8, 4) is 11.1 Å². The fourth-order valence-corrected chi connectivity index (χ4v) is 4.29. The molecule has 3 aliphatic rings. The average molecular weight is 412 g/mol. The zero-order valence-corrected chi connectivity index (χ0v) is 17.6. The summed E-state index contributed by atoms with van der Waals surface area (Å²) in [5.41, 5.74) is 9.42. The minimum Gasteiger partial charge on any atom is -0.378 e. The Labute approximate surface area is 177 Å². The molecule has 30 heavy (non-hydrogen) atoms. The molecule has 1 atom stereocenters. The Bertz CT molecular complexity index is 890. The third kappa shape index (κ3) is 5.05. The summed E-state index contributed by atoms with van der Waals surface area (Å²) in [7, 11) is 2.01. The lowest BCUT2D eigenvalue weighted by atomic mass is 9.93. The smallest absolute Gasteiger partial charge is 0.267 e. The number of amides is 1. The zero-order chi connectivity index (χ0) is 21.1. The molecule has 1 saturated heterocycles. The summed E-state index contributed by atoms with van der Waals surface area (Å²) in [5.74, 6) is 0.135. The van der Waals surface area contributed by atoms with Crippen LogP contribution >= 0.6 is 0 Å².